The van der Waals surface area contributed by atoms with Crippen LogP contribution in [0.25, 0.3) is 0 Å². The molecular weight excluding hydrogens is 734 g/mol. The second-order valence-corrected chi connectivity index (χ2v) is 14.1. The molecule has 2 aliphatic rings. The highest BCUT2D eigenvalue weighted by Gasteiger charge is 2.30. The van der Waals surface area contributed by atoms with E-state index in [0.717, 1.165) is 96.2 Å². The van der Waals surface area contributed by atoms with E-state index >= 15 is 0 Å². The quantitative estimate of drug-likeness (QED) is 0.118. The first kappa shape index (κ1) is 40.6. The van der Waals surface area contributed by atoms with E-state index < -0.39 is 11.7 Å². The molecule has 0 spiro atoms. The normalized spacial score (nSPS) is 14.3. The number of halogens is 3. The number of aryl methyl sites for hydroxylation is 2. The number of ether oxygens (including phenoxy) is 2. The highest BCUT2D eigenvalue weighted by Crippen LogP contribution is 2.37. The SMILES string of the molecule is COC(=O)c1ccc([C@H](C)Nc2nccc3c2N(Cc2ccc(C(F)(F)F)cc2)CCC3)cc1.COC(=O)c1ccc([C@H](C)Nc2nccc3c2NCCC3)cc1. The monoisotopic (exact) mass is 780 g/mol. The molecule has 0 aliphatic carbocycles. The van der Waals surface area contributed by atoms with Crippen molar-refractivity contribution in [2.75, 3.05) is 48.2 Å². The Kier molecular flexibility index (Phi) is 13.0. The van der Waals surface area contributed by atoms with Crippen LogP contribution in [-0.2, 0) is 35.0 Å². The van der Waals surface area contributed by atoms with E-state index in [1.54, 1.807) is 30.5 Å². The summed E-state index contributed by atoms with van der Waals surface area (Å²) in [5.41, 5.74) is 7.82. The fourth-order valence-electron chi connectivity index (χ4n) is 7.04. The summed E-state index contributed by atoms with van der Waals surface area (Å²) >= 11 is 0. The predicted octanol–water partition coefficient (Wildman–Crippen LogP) is 9.41. The average Bonchev–Trinajstić information content (AvgIpc) is 3.23. The summed E-state index contributed by atoms with van der Waals surface area (Å²) in [6, 6.07) is 24.0. The van der Waals surface area contributed by atoms with E-state index in [-0.39, 0.29) is 24.0 Å². The van der Waals surface area contributed by atoms with E-state index in [2.05, 4.69) is 43.8 Å². The molecule has 0 bridgehead atoms. The molecule has 2 atom stereocenters. The Morgan fingerprint density at radius 2 is 1.26 bits per heavy atom. The van der Waals surface area contributed by atoms with Gasteiger partial charge in [-0.3, -0.25) is 0 Å². The third-order valence-corrected chi connectivity index (χ3v) is 10.2. The van der Waals surface area contributed by atoms with Gasteiger partial charge in [-0.15, -0.1) is 0 Å². The standard InChI is InChI=1S/C26H26F3N3O2.C18H21N3O2/c1-17(19-7-9-21(10-8-19)25(33)34-2)31-24-23-20(13-14-30-24)4-3-15-32(23)16-18-5-11-22(12-6-18)26(27,28)29;1-12(13-5-7-15(8-6-13)18(22)23-2)21-17-16-14(9-11-20-17)4-3-10-19-16/h5-14,17H,3-4,15-16H2,1-2H3,(H,30,31);5-9,11-12,19H,3-4,10H2,1-2H3,(H,20,21)/t17-;12-/m00/s1. The molecule has 13 heteroatoms. The molecule has 0 unspecified atom stereocenters. The van der Waals surface area contributed by atoms with Crippen LogP contribution in [0.1, 0.15) is 92.9 Å². The first-order valence-corrected chi connectivity index (χ1v) is 19.0. The number of aromatic nitrogens is 2. The lowest BCUT2D eigenvalue weighted by atomic mass is 10.0. The van der Waals surface area contributed by atoms with E-state index in [9.17, 15) is 22.8 Å². The first-order valence-electron chi connectivity index (χ1n) is 19.0. The van der Waals surface area contributed by atoms with Crippen molar-refractivity contribution in [3.63, 3.8) is 0 Å². The Labute approximate surface area is 330 Å². The fourth-order valence-corrected chi connectivity index (χ4v) is 7.04. The van der Waals surface area contributed by atoms with Crippen LogP contribution in [0.3, 0.4) is 0 Å². The van der Waals surface area contributed by atoms with Gasteiger partial charge in [0.05, 0.1) is 54.4 Å². The Morgan fingerprint density at radius 3 is 1.82 bits per heavy atom. The number of fused-ring (bicyclic) bond motifs is 2. The van der Waals surface area contributed by atoms with Gasteiger partial charge in [0.2, 0.25) is 0 Å². The van der Waals surface area contributed by atoms with Gasteiger partial charge in [0, 0.05) is 32.0 Å². The van der Waals surface area contributed by atoms with E-state index in [4.69, 9.17) is 9.47 Å². The molecule has 4 heterocycles. The van der Waals surface area contributed by atoms with Crippen LogP contribution in [0.2, 0.25) is 0 Å². The molecular formula is C44H47F3N6O4. The zero-order valence-electron chi connectivity index (χ0n) is 32.5. The van der Waals surface area contributed by atoms with Gasteiger partial charge < -0.3 is 30.3 Å². The first-order chi connectivity index (χ1) is 27.4. The number of anilines is 4. The topological polar surface area (TPSA) is 118 Å². The number of hydrogen-bond donors (Lipinski definition) is 3. The largest absolute Gasteiger partial charge is 0.465 e. The van der Waals surface area contributed by atoms with Crippen molar-refractivity contribution < 1.29 is 32.2 Å². The van der Waals surface area contributed by atoms with Crippen LogP contribution in [0.4, 0.5) is 36.2 Å². The number of alkyl halides is 3. The molecule has 10 nitrogen and oxygen atoms in total. The van der Waals surface area contributed by atoms with Gasteiger partial charge in [0.25, 0.3) is 0 Å². The van der Waals surface area contributed by atoms with Crippen LogP contribution in [0, 0.1) is 0 Å². The minimum absolute atomic E-state index is 0.0828. The molecule has 3 N–H and O–H groups in total. The van der Waals surface area contributed by atoms with Crippen molar-refractivity contribution in [3.05, 3.63) is 142 Å². The number of nitrogens with one attached hydrogen (secondary N) is 3. The molecule has 2 aliphatic heterocycles. The Bertz CT molecular complexity index is 2140. The van der Waals surface area contributed by atoms with E-state index in [1.165, 1.54) is 31.9 Å². The smallest absolute Gasteiger partial charge is 0.416 e. The third kappa shape index (κ3) is 10.0. The maximum atomic E-state index is 12.9. The van der Waals surface area contributed by atoms with Crippen LogP contribution < -0.4 is 20.9 Å². The number of esters is 2. The minimum atomic E-state index is -4.34. The summed E-state index contributed by atoms with van der Waals surface area (Å²) in [4.78, 5) is 34.4. The molecule has 0 fully saturated rings. The number of methoxy groups -OCH3 is 2. The number of carbonyl (C=O) groups is 2. The predicted molar refractivity (Wildman–Crippen MR) is 216 cm³/mol. The molecule has 57 heavy (non-hydrogen) atoms. The van der Waals surface area contributed by atoms with Gasteiger partial charge in [-0.05, 0) is 116 Å². The summed E-state index contributed by atoms with van der Waals surface area (Å²) < 4.78 is 48.2. The van der Waals surface area contributed by atoms with Gasteiger partial charge in [0.15, 0.2) is 0 Å². The summed E-state index contributed by atoms with van der Waals surface area (Å²) in [6.07, 6.45) is 3.39. The van der Waals surface area contributed by atoms with Crippen molar-refractivity contribution in [1.82, 2.24) is 9.97 Å². The molecule has 0 saturated carbocycles. The number of rotatable bonds is 10. The lowest BCUT2D eigenvalue weighted by Gasteiger charge is -2.33. The zero-order chi connectivity index (χ0) is 40.5. The van der Waals surface area contributed by atoms with E-state index in [1.807, 2.05) is 43.5 Å². The second-order valence-electron chi connectivity index (χ2n) is 14.1. The fraction of sp³-hybridized carbons (Fsp3) is 0.318. The van der Waals surface area contributed by atoms with Crippen LogP contribution in [0.5, 0.6) is 0 Å². The number of hydrogen-bond acceptors (Lipinski definition) is 10. The summed E-state index contributed by atoms with van der Waals surface area (Å²) in [6.45, 7) is 6.36. The van der Waals surface area contributed by atoms with Crippen molar-refractivity contribution in [1.29, 1.82) is 0 Å². The molecule has 5 aromatic rings. The molecule has 3 aromatic carbocycles. The number of nitrogens with zero attached hydrogens (tertiary/aromatic N) is 3. The van der Waals surface area contributed by atoms with Crippen LogP contribution >= 0.6 is 0 Å². The summed E-state index contributed by atoms with van der Waals surface area (Å²) in [5.74, 6) is 0.908. The van der Waals surface area contributed by atoms with Gasteiger partial charge in [-0.2, -0.15) is 13.2 Å². The average molecular weight is 781 g/mol. The van der Waals surface area contributed by atoms with E-state index in [0.29, 0.717) is 17.7 Å². The van der Waals surface area contributed by atoms with Gasteiger partial charge in [-0.25, -0.2) is 19.6 Å². The highest BCUT2D eigenvalue weighted by atomic mass is 19.4. The minimum Gasteiger partial charge on any atom is -0.465 e. The second kappa shape index (κ2) is 18.2. The number of pyridine rings is 2. The lowest BCUT2D eigenvalue weighted by molar-refractivity contribution is -0.137. The molecule has 0 amide bonds. The number of carbonyl (C=O) groups excluding carboxylic acids is 2. The molecule has 298 valence electrons. The van der Waals surface area contributed by atoms with Crippen molar-refractivity contribution in [2.45, 2.75) is 64.3 Å². The van der Waals surface area contributed by atoms with Crippen molar-refractivity contribution in [2.24, 2.45) is 0 Å². The molecule has 0 saturated heterocycles. The summed E-state index contributed by atoms with van der Waals surface area (Å²) in [7, 11) is 2.73. The highest BCUT2D eigenvalue weighted by molar-refractivity contribution is 5.89. The number of benzene rings is 3. The Balaban J connectivity index is 0.000000208. The lowest BCUT2D eigenvalue weighted by Crippen LogP contribution is -2.30. The van der Waals surface area contributed by atoms with Gasteiger partial charge in [-0.1, -0.05) is 36.4 Å². The van der Waals surface area contributed by atoms with Crippen LogP contribution in [0.15, 0.2) is 97.3 Å². The molecule has 7 rings (SSSR count). The zero-order valence-corrected chi connectivity index (χ0v) is 32.5. The van der Waals surface area contributed by atoms with Crippen LogP contribution in [-0.4, -0.2) is 49.2 Å². The molecule has 0 radical (unpaired) electrons. The van der Waals surface area contributed by atoms with Crippen molar-refractivity contribution >= 4 is 34.9 Å². The maximum Gasteiger partial charge on any atom is 0.416 e. The maximum absolute atomic E-state index is 12.9. The Morgan fingerprint density at radius 1 is 0.737 bits per heavy atom. The Hall–Kier alpha value is -6.11. The molecule has 2 aromatic heterocycles. The van der Waals surface area contributed by atoms with Gasteiger partial charge >= 0.3 is 18.1 Å². The third-order valence-electron chi connectivity index (χ3n) is 10.2. The van der Waals surface area contributed by atoms with Crippen molar-refractivity contribution in [3.8, 4) is 0 Å². The van der Waals surface area contributed by atoms with Gasteiger partial charge in [0.1, 0.15) is 11.6 Å². The summed E-state index contributed by atoms with van der Waals surface area (Å²) in [5, 5.41) is 10.4.